The lowest BCUT2D eigenvalue weighted by Crippen LogP contribution is -2.06. The maximum Gasteiger partial charge on any atom is 0.126 e. The van der Waals surface area contributed by atoms with Crippen LogP contribution in [0, 0.1) is 12.7 Å². The Balaban J connectivity index is 2.14. The van der Waals surface area contributed by atoms with Gasteiger partial charge in [0.2, 0.25) is 0 Å². The molecule has 2 aromatic rings. The van der Waals surface area contributed by atoms with Gasteiger partial charge in [-0.05, 0) is 18.6 Å². The van der Waals surface area contributed by atoms with Crippen LogP contribution >= 0.6 is 0 Å². The Bertz CT molecular complexity index is 499. The fraction of sp³-hybridized carbons (Fsp3) is 0.231. The van der Waals surface area contributed by atoms with Crippen molar-refractivity contribution in [2.24, 2.45) is 0 Å². The molecule has 3 nitrogen and oxygen atoms in total. The summed E-state index contributed by atoms with van der Waals surface area (Å²) >= 11 is 0. The van der Waals surface area contributed by atoms with Crippen molar-refractivity contribution in [3.63, 3.8) is 0 Å². The highest BCUT2D eigenvalue weighted by Crippen LogP contribution is 2.17. The van der Waals surface area contributed by atoms with Gasteiger partial charge in [0.15, 0.2) is 0 Å². The largest absolute Gasteiger partial charge is 0.386 e. The molecule has 1 unspecified atom stereocenters. The third-order valence-corrected chi connectivity index (χ3v) is 2.51. The molecule has 17 heavy (non-hydrogen) atoms. The summed E-state index contributed by atoms with van der Waals surface area (Å²) in [6, 6.07) is 6.39. The molecular weight excluding hydrogens is 219 g/mol. The first-order chi connectivity index (χ1) is 8.16. The van der Waals surface area contributed by atoms with E-state index in [-0.39, 0.29) is 12.2 Å². The standard InChI is InChI=1S/C13H13FN2O/c1-9-7-16-12(8-15-9)13(17)6-10-4-2-3-5-11(10)14/h2-5,7-8,13,17H,6H2,1H3. The van der Waals surface area contributed by atoms with Crippen LogP contribution in [0.4, 0.5) is 4.39 Å². The molecule has 88 valence electrons. The molecule has 0 spiro atoms. The van der Waals surface area contributed by atoms with Gasteiger partial charge in [-0.25, -0.2) is 4.39 Å². The van der Waals surface area contributed by atoms with Gasteiger partial charge in [0.05, 0.1) is 17.6 Å². The molecule has 2 rings (SSSR count). The molecule has 1 aromatic carbocycles. The lowest BCUT2D eigenvalue weighted by molar-refractivity contribution is 0.172. The van der Waals surface area contributed by atoms with Crippen LogP contribution in [0.2, 0.25) is 0 Å². The first kappa shape index (κ1) is 11.7. The van der Waals surface area contributed by atoms with Crippen LogP contribution in [-0.2, 0) is 6.42 Å². The number of hydrogen-bond acceptors (Lipinski definition) is 3. The Hall–Kier alpha value is -1.81. The van der Waals surface area contributed by atoms with Gasteiger partial charge in [0.1, 0.15) is 11.9 Å². The van der Waals surface area contributed by atoms with E-state index in [1.165, 1.54) is 12.3 Å². The molecule has 0 aliphatic carbocycles. The average Bonchev–Trinajstić information content (AvgIpc) is 2.33. The molecule has 1 N–H and O–H groups in total. The number of nitrogens with zero attached hydrogens (tertiary/aromatic N) is 2. The third-order valence-electron chi connectivity index (χ3n) is 2.51. The highest BCUT2D eigenvalue weighted by molar-refractivity contribution is 5.19. The molecule has 0 radical (unpaired) electrons. The van der Waals surface area contributed by atoms with Gasteiger partial charge >= 0.3 is 0 Å². The summed E-state index contributed by atoms with van der Waals surface area (Å²) in [5.74, 6) is -0.313. The fourth-order valence-electron chi connectivity index (χ4n) is 1.55. The van der Waals surface area contributed by atoms with Crippen molar-refractivity contribution in [3.8, 4) is 0 Å². The fourth-order valence-corrected chi connectivity index (χ4v) is 1.55. The van der Waals surface area contributed by atoms with E-state index in [0.717, 1.165) is 5.69 Å². The topological polar surface area (TPSA) is 46.0 Å². The second kappa shape index (κ2) is 5.01. The van der Waals surface area contributed by atoms with E-state index in [1.54, 1.807) is 24.4 Å². The summed E-state index contributed by atoms with van der Waals surface area (Å²) in [6.45, 7) is 1.82. The molecule has 0 amide bonds. The molecule has 0 saturated carbocycles. The summed E-state index contributed by atoms with van der Waals surface area (Å²) < 4.78 is 13.4. The second-order valence-corrected chi connectivity index (χ2v) is 3.89. The van der Waals surface area contributed by atoms with Gasteiger partial charge in [-0.1, -0.05) is 18.2 Å². The normalized spacial score (nSPS) is 12.4. The molecule has 4 heteroatoms. The van der Waals surface area contributed by atoms with E-state index < -0.39 is 6.10 Å². The van der Waals surface area contributed by atoms with Crippen molar-refractivity contribution in [3.05, 3.63) is 59.4 Å². The molecule has 1 heterocycles. The van der Waals surface area contributed by atoms with E-state index in [9.17, 15) is 9.50 Å². The second-order valence-electron chi connectivity index (χ2n) is 3.89. The Morgan fingerprint density at radius 1 is 1.24 bits per heavy atom. The highest BCUT2D eigenvalue weighted by Gasteiger charge is 2.12. The van der Waals surface area contributed by atoms with Gasteiger partial charge in [-0.3, -0.25) is 9.97 Å². The summed E-state index contributed by atoms with van der Waals surface area (Å²) in [7, 11) is 0. The van der Waals surface area contributed by atoms with Crippen molar-refractivity contribution in [1.29, 1.82) is 0 Å². The monoisotopic (exact) mass is 232 g/mol. The van der Waals surface area contributed by atoms with Crippen molar-refractivity contribution >= 4 is 0 Å². The molecule has 0 aliphatic rings. The first-order valence-corrected chi connectivity index (χ1v) is 5.37. The van der Waals surface area contributed by atoms with E-state index >= 15 is 0 Å². The molecular formula is C13H13FN2O. The van der Waals surface area contributed by atoms with E-state index in [2.05, 4.69) is 9.97 Å². The van der Waals surface area contributed by atoms with E-state index in [4.69, 9.17) is 0 Å². The number of aryl methyl sites for hydroxylation is 1. The van der Waals surface area contributed by atoms with Gasteiger partial charge in [0.25, 0.3) is 0 Å². The number of aromatic nitrogens is 2. The molecule has 1 atom stereocenters. The zero-order valence-electron chi connectivity index (χ0n) is 9.47. The van der Waals surface area contributed by atoms with Crippen LogP contribution in [0.15, 0.2) is 36.7 Å². The van der Waals surface area contributed by atoms with Crippen LogP contribution in [-0.4, -0.2) is 15.1 Å². The van der Waals surface area contributed by atoms with Crippen LogP contribution in [0.3, 0.4) is 0 Å². The molecule has 0 saturated heterocycles. The predicted octanol–water partition coefficient (Wildman–Crippen LogP) is 2.20. The van der Waals surface area contributed by atoms with Gasteiger partial charge in [0, 0.05) is 12.6 Å². The number of aliphatic hydroxyl groups excluding tert-OH is 1. The number of aliphatic hydroxyl groups is 1. The predicted molar refractivity (Wildman–Crippen MR) is 61.8 cm³/mol. The Kier molecular flexibility index (Phi) is 3.44. The Labute approximate surface area is 99.0 Å². The first-order valence-electron chi connectivity index (χ1n) is 5.37. The minimum absolute atomic E-state index is 0.199. The van der Waals surface area contributed by atoms with Crippen molar-refractivity contribution < 1.29 is 9.50 Å². The Morgan fingerprint density at radius 2 is 2.00 bits per heavy atom. The number of benzene rings is 1. The summed E-state index contributed by atoms with van der Waals surface area (Å²) in [5.41, 5.74) is 1.72. The highest BCUT2D eigenvalue weighted by atomic mass is 19.1. The lowest BCUT2D eigenvalue weighted by atomic mass is 10.1. The Morgan fingerprint density at radius 3 is 2.65 bits per heavy atom. The zero-order chi connectivity index (χ0) is 12.3. The number of rotatable bonds is 3. The quantitative estimate of drug-likeness (QED) is 0.882. The minimum Gasteiger partial charge on any atom is -0.386 e. The SMILES string of the molecule is Cc1cnc(C(O)Cc2ccccc2F)cn1. The van der Waals surface area contributed by atoms with Crippen molar-refractivity contribution in [2.75, 3.05) is 0 Å². The van der Waals surface area contributed by atoms with E-state index in [1.807, 2.05) is 6.92 Å². The van der Waals surface area contributed by atoms with Crippen molar-refractivity contribution in [2.45, 2.75) is 19.4 Å². The molecule has 0 bridgehead atoms. The third kappa shape index (κ3) is 2.85. The molecule has 0 fully saturated rings. The average molecular weight is 232 g/mol. The maximum absolute atomic E-state index is 13.4. The molecule has 1 aromatic heterocycles. The lowest BCUT2D eigenvalue weighted by Gasteiger charge is -2.10. The van der Waals surface area contributed by atoms with Crippen molar-refractivity contribution in [1.82, 2.24) is 9.97 Å². The number of halogens is 1. The smallest absolute Gasteiger partial charge is 0.126 e. The summed E-state index contributed by atoms with van der Waals surface area (Å²) in [4.78, 5) is 8.12. The van der Waals surface area contributed by atoms with Crippen LogP contribution in [0.5, 0.6) is 0 Å². The zero-order valence-corrected chi connectivity index (χ0v) is 9.47. The minimum atomic E-state index is -0.833. The summed E-state index contributed by atoms with van der Waals surface area (Å²) in [6.07, 6.45) is 2.46. The van der Waals surface area contributed by atoms with Crippen LogP contribution < -0.4 is 0 Å². The molecule has 0 aliphatic heterocycles. The van der Waals surface area contributed by atoms with Gasteiger partial charge in [-0.15, -0.1) is 0 Å². The maximum atomic E-state index is 13.4. The van der Waals surface area contributed by atoms with E-state index in [0.29, 0.717) is 11.3 Å². The summed E-state index contributed by atoms with van der Waals surface area (Å²) in [5, 5.41) is 9.92. The van der Waals surface area contributed by atoms with Gasteiger partial charge in [-0.2, -0.15) is 0 Å². The van der Waals surface area contributed by atoms with Crippen LogP contribution in [0.25, 0.3) is 0 Å². The van der Waals surface area contributed by atoms with Crippen LogP contribution in [0.1, 0.15) is 23.1 Å². The van der Waals surface area contributed by atoms with Gasteiger partial charge < -0.3 is 5.11 Å². The number of hydrogen-bond donors (Lipinski definition) is 1.